The Bertz CT molecular complexity index is 598. The van der Waals surface area contributed by atoms with Crippen LogP contribution >= 0.6 is 0 Å². The van der Waals surface area contributed by atoms with Crippen LogP contribution in [0.3, 0.4) is 0 Å². The summed E-state index contributed by atoms with van der Waals surface area (Å²) >= 11 is 0. The van der Waals surface area contributed by atoms with Gasteiger partial charge in [-0.3, -0.25) is 4.98 Å². The van der Waals surface area contributed by atoms with Crippen LogP contribution in [0.2, 0.25) is 0 Å². The van der Waals surface area contributed by atoms with E-state index in [1.165, 1.54) is 13.1 Å². The molecule has 0 saturated heterocycles. The van der Waals surface area contributed by atoms with Crippen LogP contribution in [0, 0.1) is 6.92 Å². The van der Waals surface area contributed by atoms with E-state index >= 15 is 0 Å². The maximum Gasteiger partial charge on any atom is 0.415 e. The van der Waals surface area contributed by atoms with Gasteiger partial charge in [0.15, 0.2) is 6.10 Å². The average molecular weight is 287 g/mol. The molecule has 0 radical (unpaired) electrons. The van der Waals surface area contributed by atoms with E-state index in [0.717, 1.165) is 5.56 Å². The summed E-state index contributed by atoms with van der Waals surface area (Å²) in [5.41, 5.74) is 1.38. The van der Waals surface area contributed by atoms with Gasteiger partial charge in [0.2, 0.25) is 11.7 Å². The molecule has 2 unspecified atom stereocenters. The fourth-order valence-electron chi connectivity index (χ4n) is 1.65. The lowest BCUT2D eigenvalue weighted by Gasteiger charge is -2.17. The van der Waals surface area contributed by atoms with Gasteiger partial charge in [-0.1, -0.05) is 12.1 Å². The summed E-state index contributed by atoms with van der Waals surface area (Å²) in [6, 6.07) is 1.72. The van der Waals surface area contributed by atoms with Crippen molar-refractivity contribution in [3.63, 3.8) is 0 Å². The summed E-state index contributed by atoms with van der Waals surface area (Å²) in [5.74, 6) is -1.46. The van der Waals surface area contributed by atoms with E-state index in [2.05, 4.69) is 15.1 Å². The fraction of sp³-hybridized carbons (Fsp3) is 0.417. The second-order valence-electron chi connectivity index (χ2n) is 4.42. The van der Waals surface area contributed by atoms with Crippen molar-refractivity contribution in [3.05, 3.63) is 29.9 Å². The van der Waals surface area contributed by atoms with Gasteiger partial charge in [0.25, 0.3) is 0 Å². The Morgan fingerprint density at radius 3 is 2.65 bits per heavy atom. The smallest absolute Gasteiger partial charge is 0.383 e. The van der Waals surface area contributed by atoms with Crippen LogP contribution in [0.5, 0.6) is 0 Å². The number of alkyl halides is 3. The molecule has 0 aliphatic heterocycles. The van der Waals surface area contributed by atoms with Crippen LogP contribution < -0.4 is 0 Å². The van der Waals surface area contributed by atoms with Crippen molar-refractivity contribution >= 4 is 0 Å². The molecule has 2 rings (SSSR count). The summed E-state index contributed by atoms with van der Waals surface area (Å²) in [4.78, 5) is 7.80. The molecule has 20 heavy (non-hydrogen) atoms. The third-order valence-corrected chi connectivity index (χ3v) is 2.92. The molecule has 0 fully saturated rings. The predicted octanol–water partition coefficient (Wildman–Crippen LogP) is 2.47. The number of aromatic nitrogens is 3. The molecule has 0 saturated carbocycles. The summed E-state index contributed by atoms with van der Waals surface area (Å²) in [6.45, 7) is 2.96. The molecule has 2 aromatic rings. The van der Waals surface area contributed by atoms with E-state index in [1.807, 2.05) is 0 Å². The molecular formula is C12H12F3N3O2. The van der Waals surface area contributed by atoms with Gasteiger partial charge in [-0.15, -0.1) is 0 Å². The molecule has 2 heterocycles. The summed E-state index contributed by atoms with van der Waals surface area (Å²) in [7, 11) is 0. The minimum absolute atomic E-state index is 0.145. The van der Waals surface area contributed by atoms with Crippen LogP contribution in [0.25, 0.3) is 11.4 Å². The zero-order chi connectivity index (χ0) is 14.9. The Hall–Kier alpha value is -1.96. The first kappa shape index (κ1) is 14.4. The second kappa shape index (κ2) is 5.20. The van der Waals surface area contributed by atoms with E-state index in [1.54, 1.807) is 19.2 Å². The van der Waals surface area contributed by atoms with Gasteiger partial charge in [-0.2, -0.15) is 18.2 Å². The topological polar surface area (TPSA) is 72.0 Å². The molecule has 5 nitrogen and oxygen atoms in total. The lowest BCUT2D eigenvalue weighted by molar-refractivity contribution is -0.210. The zero-order valence-corrected chi connectivity index (χ0v) is 10.7. The number of hydrogen-bond donors (Lipinski definition) is 1. The predicted molar refractivity (Wildman–Crippen MR) is 62.7 cm³/mol. The van der Waals surface area contributed by atoms with Gasteiger partial charge >= 0.3 is 6.18 Å². The Balaban J connectivity index is 2.28. The maximum atomic E-state index is 12.4. The first-order valence-corrected chi connectivity index (χ1v) is 5.80. The Morgan fingerprint density at radius 1 is 1.35 bits per heavy atom. The molecule has 0 bridgehead atoms. The van der Waals surface area contributed by atoms with Crippen molar-refractivity contribution in [2.24, 2.45) is 0 Å². The van der Waals surface area contributed by atoms with E-state index in [9.17, 15) is 18.3 Å². The highest BCUT2D eigenvalue weighted by Crippen LogP contribution is 2.31. The molecule has 0 aromatic carbocycles. The molecule has 0 aliphatic carbocycles. The molecule has 8 heteroatoms. The molecule has 0 amide bonds. The highest BCUT2D eigenvalue weighted by atomic mass is 19.4. The minimum Gasteiger partial charge on any atom is -0.383 e. The normalized spacial score (nSPS) is 15.1. The minimum atomic E-state index is -4.74. The molecule has 108 valence electrons. The van der Waals surface area contributed by atoms with Crippen LogP contribution in [0.15, 0.2) is 23.0 Å². The standard InChI is InChI=1S/C12H12F3N3O2/c1-6-3-4-16-5-8(6)10-17-11(20-18-10)7(2)9(19)12(13,14)15/h3-5,7,9,19H,1-2H3. The number of aryl methyl sites for hydroxylation is 1. The van der Waals surface area contributed by atoms with E-state index in [4.69, 9.17) is 4.52 Å². The zero-order valence-electron chi connectivity index (χ0n) is 10.7. The van der Waals surface area contributed by atoms with Crippen molar-refractivity contribution in [2.45, 2.75) is 32.0 Å². The average Bonchev–Trinajstić information content (AvgIpc) is 2.86. The molecule has 0 spiro atoms. The van der Waals surface area contributed by atoms with Gasteiger partial charge < -0.3 is 9.63 Å². The van der Waals surface area contributed by atoms with E-state index < -0.39 is 18.2 Å². The second-order valence-corrected chi connectivity index (χ2v) is 4.42. The number of hydrogen-bond acceptors (Lipinski definition) is 5. The van der Waals surface area contributed by atoms with Crippen molar-refractivity contribution in [2.75, 3.05) is 0 Å². The van der Waals surface area contributed by atoms with Crippen LogP contribution in [-0.2, 0) is 0 Å². The molecule has 1 N–H and O–H groups in total. The van der Waals surface area contributed by atoms with Crippen LogP contribution in [0.1, 0.15) is 24.3 Å². The molecule has 2 atom stereocenters. The van der Waals surface area contributed by atoms with Gasteiger partial charge in [0.05, 0.1) is 5.92 Å². The third kappa shape index (κ3) is 2.79. The number of halogens is 3. The van der Waals surface area contributed by atoms with Crippen molar-refractivity contribution < 1.29 is 22.8 Å². The number of nitrogens with zero attached hydrogens (tertiary/aromatic N) is 3. The number of aliphatic hydroxyl groups excluding tert-OH is 1. The highest BCUT2D eigenvalue weighted by Gasteiger charge is 2.44. The van der Waals surface area contributed by atoms with E-state index in [-0.39, 0.29) is 11.7 Å². The van der Waals surface area contributed by atoms with Gasteiger partial charge in [0.1, 0.15) is 0 Å². The van der Waals surface area contributed by atoms with Crippen molar-refractivity contribution in [3.8, 4) is 11.4 Å². The monoisotopic (exact) mass is 287 g/mol. The lowest BCUT2D eigenvalue weighted by Crippen LogP contribution is -2.33. The van der Waals surface area contributed by atoms with Gasteiger partial charge in [-0.05, 0) is 18.6 Å². The summed E-state index contributed by atoms with van der Waals surface area (Å²) in [6.07, 6.45) is -4.21. The van der Waals surface area contributed by atoms with Crippen LogP contribution in [-0.4, -0.2) is 32.5 Å². The Morgan fingerprint density at radius 2 is 2.05 bits per heavy atom. The quantitative estimate of drug-likeness (QED) is 0.938. The third-order valence-electron chi connectivity index (χ3n) is 2.92. The molecule has 2 aromatic heterocycles. The number of pyridine rings is 1. The lowest BCUT2D eigenvalue weighted by atomic mass is 10.0. The molecule has 0 aliphatic rings. The number of rotatable bonds is 3. The largest absolute Gasteiger partial charge is 0.415 e. The highest BCUT2D eigenvalue weighted by molar-refractivity contribution is 5.57. The molecular weight excluding hydrogens is 275 g/mol. The van der Waals surface area contributed by atoms with Crippen molar-refractivity contribution in [1.82, 2.24) is 15.1 Å². The Labute approximate surface area is 112 Å². The summed E-state index contributed by atoms with van der Waals surface area (Å²) < 4.78 is 42.1. The maximum absolute atomic E-state index is 12.4. The first-order chi connectivity index (χ1) is 9.30. The first-order valence-electron chi connectivity index (χ1n) is 5.80. The van der Waals surface area contributed by atoms with Crippen molar-refractivity contribution in [1.29, 1.82) is 0 Å². The van der Waals surface area contributed by atoms with Crippen LogP contribution in [0.4, 0.5) is 13.2 Å². The fourth-order valence-corrected chi connectivity index (χ4v) is 1.65. The van der Waals surface area contributed by atoms with Gasteiger partial charge in [-0.25, -0.2) is 0 Å². The SMILES string of the molecule is Cc1ccncc1-c1noc(C(C)C(O)C(F)(F)F)n1. The summed E-state index contributed by atoms with van der Waals surface area (Å²) in [5, 5.41) is 12.8. The Kier molecular flexibility index (Phi) is 3.76. The van der Waals surface area contributed by atoms with Gasteiger partial charge in [0, 0.05) is 18.0 Å². The number of aliphatic hydroxyl groups is 1. The van der Waals surface area contributed by atoms with E-state index in [0.29, 0.717) is 5.56 Å².